The number of rotatable bonds is 4. The highest BCUT2D eigenvalue weighted by Crippen LogP contribution is 2.52. The quantitative estimate of drug-likeness (QED) is 0.519. The van der Waals surface area contributed by atoms with E-state index in [1.54, 1.807) is 0 Å². The normalized spacial score (nSPS) is 32.0. The Labute approximate surface area is 146 Å². The van der Waals surface area contributed by atoms with Crippen molar-refractivity contribution in [2.45, 2.75) is 37.8 Å². The van der Waals surface area contributed by atoms with Gasteiger partial charge >= 0.3 is 19.4 Å². The Morgan fingerprint density at radius 2 is 2.23 bits per heavy atom. The topological polar surface area (TPSA) is 138 Å². The van der Waals surface area contributed by atoms with Crippen LogP contribution in [-0.2, 0) is 27.9 Å². The molecule has 0 aromatic carbocycles. The lowest BCUT2D eigenvalue weighted by Gasteiger charge is -2.31. The maximum atomic E-state index is 13.4. The second kappa shape index (κ2) is 7.05. The lowest BCUT2D eigenvalue weighted by molar-refractivity contribution is -0.142. The summed E-state index contributed by atoms with van der Waals surface area (Å²) >= 11 is 0. The Bertz CT molecular complexity index is 870. The highest BCUT2D eigenvalue weighted by atomic mass is 31.2. The smallest absolute Gasteiger partial charge is 0.406 e. The van der Waals surface area contributed by atoms with Gasteiger partial charge < -0.3 is 9.47 Å². The third kappa shape index (κ3) is 3.64. The van der Waals surface area contributed by atoms with Gasteiger partial charge in [-0.2, -0.15) is 4.39 Å². The van der Waals surface area contributed by atoms with Crippen molar-refractivity contribution in [2.75, 3.05) is 13.7 Å². The number of H-pyrrole nitrogens is 1. The van der Waals surface area contributed by atoms with Crippen LogP contribution in [-0.4, -0.2) is 47.5 Å². The predicted molar refractivity (Wildman–Crippen MR) is 82.9 cm³/mol. The number of ether oxygens (including phenoxy) is 2. The van der Waals surface area contributed by atoms with Crippen molar-refractivity contribution >= 4 is 13.7 Å². The second-order valence-corrected chi connectivity index (χ2v) is 7.54. The largest absolute Gasteiger partial charge is 0.468 e. The van der Waals surface area contributed by atoms with E-state index in [4.69, 9.17) is 13.8 Å². The van der Waals surface area contributed by atoms with Crippen molar-refractivity contribution in [3.05, 3.63) is 32.9 Å². The fourth-order valence-electron chi connectivity index (χ4n) is 2.72. The molecule has 0 saturated carbocycles. The van der Waals surface area contributed by atoms with Crippen LogP contribution in [0.25, 0.3) is 0 Å². The Hall–Kier alpha value is -1.85. The summed E-state index contributed by atoms with van der Waals surface area (Å²) in [5.41, 5.74) is -1.98. The van der Waals surface area contributed by atoms with Crippen molar-refractivity contribution in [1.29, 1.82) is 0 Å². The van der Waals surface area contributed by atoms with Gasteiger partial charge in [-0.3, -0.25) is 28.2 Å². The fraction of sp³-hybridized carbons (Fsp3) is 0.615. The number of halogens is 1. The van der Waals surface area contributed by atoms with Gasteiger partial charge in [0.2, 0.25) is 5.82 Å². The van der Waals surface area contributed by atoms with Crippen LogP contribution in [0.2, 0.25) is 0 Å². The van der Waals surface area contributed by atoms with Crippen molar-refractivity contribution in [3.63, 3.8) is 0 Å². The molecule has 0 radical (unpaired) electrons. The highest BCUT2D eigenvalue weighted by Gasteiger charge is 2.48. The molecule has 0 spiro atoms. The van der Waals surface area contributed by atoms with Crippen LogP contribution in [0.5, 0.6) is 0 Å². The van der Waals surface area contributed by atoms with Crippen LogP contribution in [0.4, 0.5) is 4.39 Å². The van der Waals surface area contributed by atoms with Gasteiger partial charge in [0.15, 0.2) is 0 Å². The molecule has 2 saturated heterocycles. The van der Waals surface area contributed by atoms with E-state index in [1.165, 1.54) is 14.0 Å². The second-order valence-electron chi connectivity index (χ2n) is 5.82. The highest BCUT2D eigenvalue weighted by molar-refractivity contribution is 7.51. The molecule has 3 rings (SSSR count). The number of carbonyl (C=O) groups is 1. The zero-order chi connectivity index (χ0) is 19.1. The first-order valence-corrected chi connectivity index (χ1v) is 9.21. The van der Waals surface area contributed by atoms with Crippen LogP contribution in [0.3, 0.4) is 0 Å². The standard InChI is InChI=1S/C13H17FN3O8P/c1-6(12(19)22-2)16-26(21)23-5-9-8(25-26)3-10(24-9)17-4-7(14)11(18)15-13(17)20/h4,6,8-10H,3,5H2,1-2H3,(H,16,21)(H,15,18,20)/t6-,8-,9+,10+,26+/m0/s1. The first kappa shape index (κ1) is 18.9. The van der Waals surface area contributed by atoms with Gasteiger partial charge in [-0.1, -0.05) is 0 Å². The first-order chi connectivity index (χ1) is 12.2. The van der Waals surface area contributed by atoms with E-state index in [0.717, 1.165) is 10.8 Å². The van der Waals surface area contributed by atoms with E-state index < -0.39 is 55.3 Å². The number of esters is 1. The summed E-state index contributed by atoms with van der Waals surface area (Å²) in [5, 5.41) is 2.45. The summed E-state index contributed by atoms with van der Waals surface area (Å²) in [4.78, 5) is 36.2. The molecule has 26 heavy (non-hydrogen) atoms. The van der Waals surface area contributed by atoms with Crippen molar-refractivity contribution in [2.24, 2.45) is 0 Å². The molecule has 0 bridgehead atoms. The molecule has 1 aromatic rings. The van der Waals surface area contributed by atoms with Crippen molar-refractivity contribution < 1.29 is 32.3 Å². The monoisotopic (exact) mass is 393 g/mol. The number of nitrogens with zero attached hydrogens (tertiary/aromatic N) is 1. The molecule has 13 heteroatoms. The predicted octanol–water partition coefficient (Wildman–Crippen LogP) is -0.362. The Kier molecular flexibility index (Phi) is 5.13. The van der Waals surface area contributed by atoms with Gasteiger partial charge in [0.25, 0.3) is 5.56 Å². The number of carbonyl (C=O) groups excluding carboxylic acids is 1. The third-order valence-electron chi connectivity index (χ3n) is 4.00. The lowest BCUT2D eigenvalue weighted by Crippen LogP contribution is -2.40. The maximum absolute atomic E-state index is 13.4. The molecule has 5 atom stereocenters. The lowest BCUT2D eigenvalue weighted by atomic mass is 10.2. The summed E-state index contributed by atoms with van der Waals surface area (Å²) in [7, 11) is -2.62. The number of aromatic amines is 1. The summed E-state index contributed by atoms with van der Waals surface area (Å²) in [5.74, 6) is -1.79. The molecule has 3 heterocycles. The van der Waals surface area contributed by atoms with Crippen LogP contribution in [0.1, 0.15) is 19.6 Å². The van der Waals surface area contributed by atoms with E-state index in [0.29, 0.717) is 0 Å². The fourth-order valence-corrected chi connectivity index (χ4v) is 4.42. The van der Waals surface area contributed by atoms with E-state index in [9.17, 15) is 23.3 Å². The minimum absolute atomic E-state index is 0.0672. The van der Waals surface area contributed by atoms with Crippen molar-refractivity contribution in [3.8, 4) is 0 Å². The minimum atomic E-state index is -3.80. The Balaban J connectivity index is 1.73. The molecule has 2 fully saturated rings. The molecule has 11 nitrogen and oxygen atoms in total. The molecule has 1 aromatic heterocycles. The number of methoxy groups -OCH3 is 1. The summed E-state index contributed by atoms with van der Waals surface area (Å²) < 4.78 is 47.6. The minimum Gasteiger partial charge on any atom is -0.468 e. The van der Waals surface area contributed by atoms with Crippen molar-refractivity contribution in [1.82, 2.24) is 14.6 Å². The number of fused-ring (bicyclic) bond motifs is 1. The molecule has 2 aliphatic rings. The zero-order valence-electron chi connectivity index (χ0n) is 13.8. The molecule has 0 amide bonds. The average Bonchev–Trinajstić information content (AvgIpc) is 2.99. The SMILES string of the molecule is COC(=O)[C@H](C)N[P@@]1(=O)OC[C@H]2O[C@@H](n3cc(F)c(=O)[nH]c3=O)C[C@@H]2O1. The summed E-state index contributed by atoms with van der Waals surface area (Å²) in [6.45, 7) is 1.31. The first-order valence-electron chi connectivity index (χ1n) is 7.67. The maximum Gasteiger partial charge on any atom is 0.406 e. The molecular weight excluding hydrogens is 376 g/mol. The number of hydrogen-bond donors (Lipinski definition) is 2. The van der Waals surface area contributed by atoms with Gasteiger partial charge in [0, 0.05) is 6.42 Å². The van der Waals surface area contributed by atoms with Gasteiger partial charge in [-0.15, -0.1) is 0 Å². The Morgan fingerprint density at radius 3 is 2.92 bits per heavy atom. The van der Waals surface area contributed by atoms with Gasteiger partial charge in [0.1, 0.15) is 24.5 Å². The molecule has 2 N–H and O–H groups in total. The summed E-state index contributed by atoms with van der Waals surface area (Å²) in [6, 6.07) is -0.934. The number of nitrogens with one attached hydrogen (secondary N) is 2. The molecule has 0 aliphatic carbocycles. The number of hydrogen-bond acceptors (Lipinski definition) is 8. The van der Waals surface area contributed by atoms with Crippen LogP contribution < -0.4 is 16.3 Å². The van der Waals surface area contributed by atoms with Crippen LogP contribution >= 0.6 is 7.75 Å². The van der Waals surface area contributed by atoms with E-state index in [1.807, 2.05) is 4.98 Å². The zero-order valence-corrected chi connectivity index (χ0v) is 14.7. The molecule has 144 valence electrons. The summed E-state index contributed by atoms with van der Waals surface area (Å²) in [6.07, 6.45) is -1.51. The Morgan fingerprint density at radius 1 is 1.50 bits per heavy atom. The van der Waals surface area contributed by atoms with Gasteiger partial charge in [0.05, 0.1) is 19.9 Å². The van der Waals surface area contributed by atoms with E-state index >= 15 is 0 Å². The molecule has 0 unspecified atom stereocenters. The van der Waals surface area contributed by atoms with Crippen LogP contribution in [0, 0.1) is 5.82 Å². The van der Waals surface area contributed by atoms with E-state index in [-0.39, 0.29) is 13.0 Å². The number of aromatic nitrogens is 2. The van der Waals surface area contributed by atoms with Gasteiger partial charge in [-0.05, 0) is 6.92 Å². The van der Waals surface area contributed by atoms with Gasteiger partial charge in [-0.25, -0.2) is 14.4 Å². The molecular formula is C13H17FN3O8P. The average molecular weight is 393 g/mol. The molecule has 2 aliphatic heterocycles. The third-order valence-corrected chi connectivity index (χ3v) is 5.75. The van der Waals surface area contributed by atoms with E-state index in [2.05, 4.69) is 9.82 Å². The van der Waals surface area contributed by atoms with Crippen LogP contribution in [0.15, 0.2) is 15.8 Å².